The third-order valence-corrected chi connectivity index (χ3v) is 4.07. The van der Waals surface area contributed by atoms with Gasteiger partial charge in [0.1, 0.15) is 0 Å². The average Bonchev–Trinajstić information content (AvgIpc) is 2.40. The summed E-state index contributed by atoms with van der Waals surface area (Å²) in [5, 5.41) is 13.5. The molecule has 2 N–H and O–H groups in total. The van der Waals surface area contributed by atoms with E-state index in [1.807, 2.05) is 6.07 Å². The summed E-state index contributed by atoms with van der Waals surface area (Å²) < 4.78 is 0. The molecule has 19 heavy (non-hydrogen) atoms. The van der Waals surface area contributed by atoms with E-state index in [4.69, 9.17) is 23.2 Å². The molecule has 2 rings (SSSR count). The van der Waals surface area contributed by atoms with Crippen LogP contribution in [0.2, 0.25) is 10.0 Å². The number of hydrogen-bond donors (Lipinski definition) is 2. The van der Waals surface area contributed by atoms with Crippen LogP contribution in [0.15, 0.2) is 18.2 Å². The number of halogens is 2. The molecule has 1 aliphatic rings. The molecule has 0 atom stereocenters. The van der Waals surface area contributed by atoms with Gasteiger partial charge in [-0.2, -0.15) is 0 Å². The summed E-state index contributed by atoms with van der Waals surface area (Å²) in [7, 11) is 0. The highest BCUT2D eigenvalue weighted by Crippen LogP contribution is 2.24. The van der Waals surface area contributed by atoms with E-state index in [0.717, 1.165) is 31.5 Å². The van der Waals surface area contributed by atoms with E-state index in [9.17, 15) is 9.90 Å². The molecule has 0 saturated carbocycles. The van der Waals surface area contributed by atoms with E-state index < -0.39 is 6.09 Å². The van der Waals surface area contributed by atoms with Gasteiger partial charge in [0.2, 0.25) is 0 Å². The van der Waals surface area contributed by atoms with Crippen LogP contribution in [-0.4, -0.2) is 35.2 Å². The van der Waals surface area contributed by atoms with E-state index in [1.165, 1.54) is 4.90 Å². The quantitative estimate of drug-likeness (QED) is 0.901. The third kappa shape index (κ3) is 3.75. The molecule has 0 aliphatic carbocycles. The van der Waals surface area contributed by atoms with Crippen LogP contribution in [-0.2, 0) is 6.54 Å². The van der Waals surface area contributed by atoms with Gasteiger partial charge in [0.15, 0.2) is 0 Å². The van der Waals surface area contributed by atoms with E-state index in [0.29, 0.717) is 16.6 Å². The molecule has 0 aromatic heterocycles. The van der Waals surface area contributed by atoms with Crippen molar-refractivity contribution in [1.82, 2.24) is 10.2 Å². The number of rotatable bonds is 3. The molecule has 0 spiro atoms. The van der Waals surface area contributed by atoms with Crippen molar-refractivity contribution in [1.29, 1.82) is 0 Å². The number of piperidine rings is 1. The molecular weight excluding hydrogens is 287 g/mol. The van der Waals surface area contributed by atoms with Crippen molar-refractivity contribution < 1.29 is 9.90 Å². The van der Waals surface area contributed by atoms with Gasteiger partial charge in [-0.25, -0.2) is 4.79 Å². The molecule has 1 heterocycles. The second kappa shape index (κ2) is 6.46. The zero-order valence-electron chi connectivity index (χ0n) is 10.4. The first-order valence-electron chi connectivity index (χ1n) is 6.22. The second-order valence-corrected chi connectivity index (χ2v) is 5.45. The molecule has 1 aromatic rings. The minimum Gasteiger partial charge on any atom is -0.465 e. The highest BCUT2D eigenvalue weighted by Gasteiger charge is 2.25. The maximum atomic E-state index is 11.4. The molecule has 1 aromatic carbocycles. The zero-order valence-corrected chi connectivity index (χ0v) is 11.9. The van der Waals surface area contributed by atoms with Crippen molar-refractivity contribution in [2.45, 2.75) is 25.4 Å². The fourth-order valence-corrected chi connectivity index (χ4v) is 2.63. The van der Waals surface area contributed by atoms with Crippen LogP contribution in [0.3, 0.4) is 0 Å². The van der Waals surface area contributed by atoms with Gasteiger partial charge in [0.05, 0.1) is 10.0 Å². The van der Waals surface area contributed by atoms with Gasteiger partial charge in [-0.15, -0.1) is 0 Å². The van der Waals surface area contributed by atoms with Crippen LogP contribution in [0.5, 0.6) is 0 Å². The monoisotopic (exact) mass is 302 g/mol. The number of amides is 1. The molecule has 0 bridgehead atoms. The lowest BCUT2D eigenvalue weighted by atomic mass is 10.0. The number of benzene rings is 1. The number of carboxylic acid groups (broad SMARTS) is 1. The van der Waals surface area contributed by atoms with E-state index in [1.54, 1.807) is 12.1 Å². The molecular formula is C13H16Cl2N2O2. The fraction of sp³-hybridized carbons (Fsp3) is 0.462. The lowest BCUT2D eigenvalue weighted by Gasteiger charge is -2.32. The van der Waals surface area contributed by atoms with Crippen molar-refractivity contribution in [3.05, 3.63) is 33.8 Å². The molecule has 104 valence electrons. The van der Waals surface area contributed by atoms with Crippen LogP contribution >= 0.6 is 23.2 Å². The SMILES string of the molecule is O=C(O)N(Cc1ccc(Cl)c(Cl)c1)C1CCNCC1. The molecule has 1 fully saturated rings. The van der Waals surface area contributed by atoms with Crippen LogP contribution in [0.1, 0.15) is 18.4 Å². The second-order valence-electron chi connectivity index (χ2n) is 4.64. The predicted octanol–water partition coefficient (Wildman–Crippen LogP) is 3.23. The summed E-state index contributed by atoms with van der Waals surface area (Å²) in [4.78, 5) is 12.9. The number of nitrogens with one attached hydrogen (secondary N) is 1. The summed E-state index contributed by atoms with van der Waals surface area (Å²) >= 11 is 11.8. The summed E-state index contributed by atoms with van der Waals surface area (Å²) in [6, 6.07) is 5.29. The number of carbonyl (C=O) groups is 1. The molecule has 1 amide bonds. The van der Waals surface area contributed by atoms with Gasteiger partial charge in [-0.3, -0.25) is 0 Å². The normalized spacial score (nSPS) is 16.3. The topological polar surface area (TPSA) is 52.6 Å². The Hall–Kier alpha value is -0.970. The number of hydrogen-bond acceptors (Lipinski definition) is 2. The van der Waals surface area contributed by atoms with Crippen LogP contribution in [0, 0.1) is 0 Å². The summed E-state index contributed by atoms with van der Waals surface area (Å²) in [5.74, 6) is 0. The first-order chi connectivity index (χ1) is 9.08. The summed E-state index contributed by atoms with van der Waals surface area (Å²) in [6.07, 6.45) is 0.791. The van der Waals surface area contributed by atoms with Gasteiger partial charge in [0, 0.05) is 12.6 Å². The Morgan fingerprint density at radius 3 is 2.58 bits per heavy atom. The minimum atomic E-state index is -0.891. The zero-order chi connectivity index (χ0) is 13.8. The van der Waals surface area contributed by atoms with Gasteiger partial charge < -0.3 is 15.3 Å². The summed E-state index contributed by atoms with van der Waals surface area (Å²) in [5.41, 5.74) is 0.857. The number of nitrogens with zero attached hydrogens (tertiary/aromatic N) is 1. The standard InChI is InChI=1S/C13H16Cl2N2O2/c14-11-2-1-9(7-12(11)15)8-17(13(18)19)10-3-5-16-6-4-10/h1-2,7,10,16H,3-6,8H2,(H,18,19). The molecule has 0 radical (unpaired) electrons. The average molecular weight is 303 g/mol. The Kier molecular flexibility index (Phi) is 4.91. The lowest BCUT2D eigenvalue weighted by molar-refractivity contribution is 0.109. The first-order valence-corrected chi connectivity index (χ1v) is 6.97. The lowest BCUT2D eigenvalue weighted by Crippen LogP contribution is -2.45. The Labute approximate surface area is 122 Å². The van der Waals surface area contributed by atoms with Crippen molar-refractivity contribution in [3.63, 3.8) is 0 Å². The molecule has 6 heteroatoms. The van der Waals surface area contributed by atoms with Crippen LogP contribution < -0.4 is 5.32 Å². The van der Waals surface area contributed by atoms with Crippen molar-refractivity contribution >= 4 is 29.3 Å². The van der Waals surface area contributed by atoms with Crippen molar-refractivity contribution in [2.75, 3.05) is 13.1 Å². The highest BCUT2D eigenvalue weighted by atomic mass is 35.5. The van der Waals surface area contributed by atoms with E-state index in [-0.39, 0.29) is 6.04 Å². The van der Waals surface area contributed by atoms with E-state index in [2.05, 4.69) is 5.32 Å². The van der Waals surface area contributed by atoms with Gasteiger partial charge >= 0.3 is 6.09 Å². The van der Waals surface area contributed by atoms with Crippen molar-refractivity contribution in [3.8, 4) is 0 Å². The Bertz CT molecular complexity index is 462. The van der Waals surface area contributed by atoms with Gasteiger partial charge in [0.25, 0.3) is 0 Å². The molecule has 0 unspecified atom stereocenters. The van der Waals surface area contributed by atoms with Gasteiger partial charge in [-0.1, -0.05) is 29.3 Å². The predicted molar refractivity (Wildman–Crippen MR) is 75.9 cm³/mol. The van der Waals surface area contributed by atoms with Crippen molar-refractivity contribution in [2.24, 2.45) is 0 Å². The van der Waals surface area contributed by atoms with E-state index >= 15 is 0 Å². The molecule has 4 nitrogen and oxygen atoms in total. The third-order valence-electron chi connectivity index (χ3n) is 3.33. The Morgan fingerprint density at radius 1 is 1.32 bits per heavy atom. The summed E-state index contributed by atoms with van der Waals surface area (Å²) in [6.45, 7) is 2.06. The van der Waals surface area contributed by atoms with Crippen LogP contribution in [0.25, 0.3) is 0 Å². The molecule has 1 saturated heterocycles. The maximum Gasteiger partial charge on any atom is 0.407 e. The largest absolute Gasteiger partial charge is 0.465 e. The van der Waals surface area contributed by atoms with Gasteiger partial charge in [-0.05, 0) is 43.6 Å². The fourth-order valence-electron chi connectivity index (χ4n) is 2.31. The van der Waals surface area contributed by atoms with Crippen LogP contribution in [0.4, 0.5) is 4.79 Å². The Balaban J connectivity index is 2.11. The smallest absolute Gasteiger partial charge is 0.407 e. The molecule has 1 aliphatic heterocycles. The highest BCUT2D eigenvalue weighted by molar-refractivity contribution is 6.42. The Morgan fingerprint density at radius 2 is 2.00 bits per heavy atom. The first kappa shape index (κ1) is 14.4. The minimum absolute atomic E-state index is 0.0632. The maximum absolute atomic E-state index is 11.4.